The van der Waals surface area contributed by atoms with E-state index < -0.39 is 0 Å². The van der Waals surface area contributed by atoms with Crippen LogP contribution < -0.4 is 0 Å². The molecule has 0 radical (unpaired) electrons. The third kappa shape index (κ3) is 4.28. The lowest BCUT2D eigenvalue weighted by Gasteiger charge is -2.26. The summed E-state index contributed by atoms with van der Waals surface area (Å²) in [6, 6.07) is 3.92. The number of aryl methyl sites for hydroxylation is 1. The molecule has 0 bridgehead atoms. The second-order valence-electron chi connectivity index (χ2n) is 5.61. The van der Waals surface area contributed by atoms with Crippen LogP contribution in [0.5, 0.6) is 0 Å². The van der Waals surface area contributed by atoms with Crippen molar-refractivity contribution >= 4 is 11.8 Å². The monoisotopic (exact) mass is 330 g/mol. The molecule has 0 saturated carbocycles. The van der Waals surface area contributed by atoms with Crippen LogP contribution >= 0.6 is 11.8 Å². The minimum atomic E-state index is 0.759. The summed E-state index contributed by atoms with van der Waals surface area (Å²) < 4.78 is 5.39. The van der Waals surface area contributed by atoms with Gasteiger partial charge in [0.05, 0.1) is 13.2 Å². The van der Waals surface area contributed by atoms with Crippen LogP contribution in [0.2, 0.25) is 0 Å². The van der Waals surface area contributed by atoms with Crippen molar-refractivity contribution in [1.29, 1.82) is 0 Å². The maximum Gasteiger partial charge on any atom is 0.162 e. The number of morpholine rings is 1. The first kappa shape index (κ1) is 16.4. The minimum absolute atomic E-state index is 0.759. The lowest BCUT2D eigenvalue weighted by Crippen LogP contribution is -2.37. The maximum atomic E-state index is 5.39. The summed E-state index contributed by atoms with van der Waals surface area (Å²) in [6.07, 6.45) is 3.58. The molecule has 23 heavy (non-hydrogen) atoms. The molecule has 2 aromatic rings. The Kier molecular flexibility index (Phi) is 5.59. The summed E-state index contributed by atoms with van der Waals surface area (Å²) in [5.41, 5.74) is 3.17. The third-order valence-corrected chi connectivity index (χ3v) is 5.07. The van der Waals surface area contributed by atoms with E-state index in [2.05, 4.69) is 21.8 Å². The second-order valence-corrected chi connectivity index (χ2v) is 6.69. The van der Waals surface area contributed by atoms with Crippen LogP contribution in [0.3, 0.4) is 0 Å². The number of ether oxygens (including phenoxy) is 1. The highest BCUT2D eigenvalue weighted by Gasteiger charge is 2.13. The molecule has 1 aliphatic rings. The van der Waals surface area contributed by atoms with Crippen molar-refractivity contribution in [2.24, 2.45) is 0 Å². The normalized spacial score (nSPS) is 15.7. The Morgan fingerprint density at radius 3 is 2.78 bits per heavy atom. The highest BCUT2D eigenvalue weighted by atomic mass is 32.2. The van der Waals surface area contributed by atoms with Crippen molar-refractivity contribution < 1.29 is 4.74 Å². The van der Waals surface area contributed by atoms with Gasteiger partial charge in [0.25, 0.3) is 0 Å². The van der Waals surface area contributed by atoms with Gasteiger partial charge in [0.1, 0.15) is 5.03 Å². The number of hydrogen-bond donors (Lipinski definition) is 0. The molecular weight excluding hydrogens is 308 g/mol. The zero-order valence-electron chi connectivity index (χ0n) is 13.7. The second kappa shape index (κ2) is 7.86. The number of nitrogens with zero attached hydrogens (tertiary/aromatic N) is 4. The fourth-order valence-electron chi connectivity index (χ4n) is 2.46. The average Bonchev–Trinajstić information content (AvgIpc) is 2.60. The number of hydrogen-bond acceptors (Lipinski definition) is 6. The summed E-state index contributed by atoms with van der Waals surface area (Å²) >= 11 is 1.81. The number of pyridine rings is 1. The fourth-order valence-corrected chi connectivity index (χ4v) is 3.52. The fraction of sp³-hybridized carbons (Fsp3) is 0.471. The Hall–Kier alpha value is -1.50. The van der Waals surface area contributed by atoms with Gasteiger partial charge < -0.3 is 4.74 Å². The van der Waals surface area contributed by atoms with Crippen LogP contribution in [0, 0.1) is 13.8 Å². The smallest absolute Gasteiger partial charge is 0.162 e. The van der Waals surface area contributed by atoms with E-state index in [0.29, 0.717) is 0 Å². The van der Waals surface area contributed by atoms with Crippen molar-refractivity contribution in [3.63, 3.8) is 0 Å². The van der Waals surface area contributed by atoms with E-state index >= 15 is 0 Å². The van der Waals surface area contributed by atoms with Gasteiger partial charge in [-0.1, -0.05) is 0 Å². The molecule has 0 spiro atoms. The topological polar surface area (TPSA) is 51.1 Å². The van der Waals surface area contributed by atoms with E-state index in [4.69, 9.17) is 9.72 Å². The zero-order chi connectivity index (χ0) is 16.1. The Balaban J connectivity index is 1.69. The van der Waals surface area contributed by atoms with E-state index in [1.807, 2.05) is 37.0 Å². The van der Waals surface area contributed by atoms with Crippen molar-refractivity contribution in [2.75, 3.05) is 38.6 Å². The standard InChI is InChI=1S/C17H22N4OS/c1-13-14(2)19-16(15-4-3-5-18-12-15)20-17(13)23-11-8-21-6-9-22-10-7-21/h3-5,12H,6-11H2,1-2H3. The van der Waals surface area contributed by atoms with E-state index in [0.717, 1.165) is 60.7 Å². The number of aromatic nitrogens is 3. The van der Waals surface area contributed by atoms with Gasteiger partial charge in [-0.3, -0.25) is 9.88 Å². The quantitative estimate of drug-likeness (QED) is 0.620. The molecule has 122 valence electrons. The number of rotatable bonds is 5. The lowest BCUT2D eigenvalue weighted by atomic mass is 10.2. The molecule has 6 heteroatoms. The van der Waals surface area contributed by atoms with Gasteiger partial charge >= 0.3 is 0 Å². The maximum absolute atomic E-state index is 5.39. The minimum Gasteiger partial charge on any atom is -0.379 e. The Bertz CT molecular complexity index is 645. The van der Waals surface area contributed by atoms with Crippen molar-refractivity contribution in [1.82, 2.24) is 19.9 Å². The molecule has 0 unspecified atom stereocenters. The van der Waals surface area contributed by atoms with E-state index in [-0.39, 0.29) is 0 Å². The van der Waals surface area contributed by atoms with E-state index in [9.17, 15) is 0 Å². The third-order valence-electron chi connectivity index (χ3n) is 4.01. The highest BCUT2D eigenvalue weighted by molar-refractivity contribution is 7.99. The van der Waals surface area contributed by atoms with Gasteiger partial charge in [-0.2, -0.15) is 0 Å². The molecule has 0 aromatic carbocycles. The molecule has 3 heterocycles. The first-order valence-corrected chi connectivity index (χ1v) is 8.91. The molecule has 0 N–H and O–H groups in total. The van der Waals surface area contributed by atoms with Crippen LogP contribution in [0.1, 0.15) is 11.3 Å². The van der Waals surface area contributed by atoms with Crippen LogP contribution in [-0.2, 0) is 4.74 Å². The molecule has 1 fully saturated rings. The molecule has 1 saturated heterocycles. The van der Waals surface area contributed by atoms with Crippen LogP contribution in [0.4, 0.5) is 0 Å². The Labute approximate surface area is 141 Å². The van der Waals surface area contributed by atoms with Gasteiger partial charge in [-0.05, 0) is 26.0 Å². The van der Waals surface area contributed by atoms with E-state index in [1.54, 1.807) is 6.20 Å². The van der Waals surface area contributed by atoms with Crippen LogP contribution in [0.25, 0.3) is 11.4 Å². The molecule has 5 nitrogen and oxygen atoms in total. The van der Waals surface area contributed by atoms with E-state index in [1.165, 1.54) is 5.56 Å². The average molecular weight is 330 g/mol. The van der Waals surface area contributed by atoms with Crippen molar-refractivity contribution in [3.05, 3.63) is 35.8 Å². The lowest BCUT2D eigenvalue weighted by molar-refractivity contribution is 0.0410. The van der Waals surface area contributed by atoms with Gasteiger partial charge in [-0.15, -0.1) is 11.8 Å². The molecule has 3 rings (SSSR count). The van der Waals surface area contributed by atoms with Gasteiger partial charge in [0.2, 0.25) is 0 Å². The summed E-state index contributed by atoms with van der Waals surface area (Å²) in [4.78, 5) is 16.0. The van der Waals surface area contributed by atoms with Gasteiger partial charge in [-0.25, -0.2) is 9.97 Å². The van der Waals surface area contributed by atoms with Crippen molar-refractivity contribution in [3.8, 4) is 11.4 Å². The predicted molar refractivity (Wildman–Crippen MR) is 92.7 cm³/mol. The first-order chi connectivity index (χ1) is 11.2. The molecule has 0 atom stereocenters. The highest BCUT2D eigenvalue weighted by Crippen LogP contribution is 2.25. The van der Waals surface area contributed by atoms with Crippen LogP contribution in [0.15, 0.2) is 29.6 Å². The largest absolute Gasteiger partial charge is 0.379 e. The molecule has 0 amide bonds. The molecule has 2 aromatic heterocycles. The molecule has 1 aliphatic heterocycles. The summed E-state index contributed by atoms with van der Waals surface area (Å²) in [5.74, 6) is 1.79. The Morgan fingerprint density at radius 2 is 2.04 bits per heavy atom. The SMILES string of the molecule is Cc1nc(-c2cccnc2)nc(SCCN2CCOCC2)c1C. The van der Waals surface area contributed by atoms with Gasteiger partial charge in [0, 0.05) is 54.6 Å². The summed E-state index contributed by atoms with van der Waals surface area (Å²) in [7, 11) is 0. The molecule has 0 aliphatic carbocycles. The number of thioether (sulfide) groups is 1. The van der Waals surface area contributed by atoms with Crippen molar-refractivity contribution in [2.45, 2.75) is 18.9 Å². The summed E-state index contributed by atoms with van der Waals surface area (Å²) in [5, 5.41) is 1.07. The van der Waals surface area contributed by atoms with Gasteiger partial charge in [0.15, 0.2) is 5.82 Å². The zero-order valence-corrected chi connectivity index (χ0v) is 14.5. The predicted octanol–water partition coefficient (Wildman–Crippen LogP) is 2.58. The molecular formula is C17H22N4OS. The Morgan fingerprint density at radius 1 is 1.22 bits per heavy atom. The first-order valence-electron chi connectivity index (χ1n) is 7.92. The van der Waals surface area contributed by atoms with Crippen LogP contribution in [-0.4, -0.2) is 58.5 Å². The summed E-state index contributed by atoms with van der Waals surface area (Å²) in [6.45, 7) is 8.97.